The molecule has 0 spiro atoms. The molecule has 1 aromatic rings. The number of esters is 2. The number of para-hydroxylation sites is 1. The van der Waals surface area contributed by atoms with Crippen molar-refractivity contribution in [2.75, 3.05) is 7.11 Å². The van der Waals surface area contributed by atoms with Gasteiger partial charge in [-0.2, -0.15) is 0 Å². The Labute approximate surface area is 90.9 Å². The van der Waals surface area contributed by atoms with Gasteiger partial charge in [0, 0.05) is 11.6 Å². The first-order valence-electron chi connectivity index (χ1n) is 4.47. The number of hydrogen-bond donors (Lipinski definition) is 1. The predicted octanol–water partition coefficient (Wildman–Crippen LogP) is 0.868. The molecule has 0 unspecified atom stereocenters. The zero-order valence-corrected chi connectivity index (χ0v) is 8.39. The van der Waals surface area contributed by atoms with Crippen molar-refractivity contribution in [2.45, 2.75) is 0 Å². The van der Waals surface area contributed by atoms with E-state index in [4.69, 9.17) is 4.74 Å². The molecule has 0 saturated carbocycles. The quantitative estimate of drug-likeness (QED) is 0.432. The number of hydrogen-bond acceptors (Lipinski definition) is 5. The van der Waals surface area contributed by atoms with Crippen LogP contribution in [-0.2, 0) is 14.3 Å². The standard InChI is InChI=1S/C11H8O5/c1-15-9(13)5-7-6-3-2-4-8(12)10(6)16-11(7)14/h2-5,12H,1H3/b7-5-. The average Bonchev–Trinajstić information content (AvgIpc) is 2.58. The van der Waals surface area contributed by atoms with E-state index in [-0.39, 0.29) is 17.1 Å². The summed E-state index contributed by atoms with van der Waals surface area (Å²) in [7, 11) is 1.21. The van der Waals surface area contributed by atoms with Crippen LogP contribution in [0.3, 0.4) is 0 Å². The van der Waals surface area contributed by atoms with E-state index in [0.717, 1.165) is 6.08 Å². The van der Waals surface area contributed by atoms with Crippen molar-refractivity contribution in [1.29, 1.82) is 0 Å². The lowest BCUT2D eigenvalue weighted by Crippen LogP contribution is -2.04. The molecule has 0 saturated heterocycles. The number of phenolic OH excluding ortho intramolecular Hbond substituents is 1. The molecular weight excluding hydrogens is 212 g/mol. The van der Waals surface area contributed by atoms with Gasteiger partial charge in [-0.3, -0.25) is 0 Å². The van der Waals surface area contributed by atoms with Crippen LogP contribution in [0.5, 0.6) is 11.5 Å². The van der Waals surface area contributed by atoms with Gasteiger partial charge in [-0.05, 0) is 6.07 Å². The Morgan fingerprint density at radius 3 is 2.94 bits per heavy atom. The summed E-state index contributed by atoms with van der Waals surface area (Å²) in [6.07, 6.45) is 1.04. The number of benzene rings is 1. The van der Waals surface area contributed by atoms with Crippen LogP contribution in [0.15, 0.2) is 24.3 Å². The first kappa shape index (κ1) is 10.2. The van der Waals surface area contributed by atoms with Crippen LogP contribution in [0.25, 0.3) is 5.57 Å². The molecule has 0 aliphatic carbocycles. The molecule has 5 nitrogen and oxygen atoms in total. The highest BCUT2D eigenvalue weighted by atomic mass is 16.5. The van der Waals surface area contributed by atoms with Crippen LogP contribution in [-0.4, -0.2) is 24.2 Å². The van der Waals surface area contributed by atoms with E-state index < -0.39 is 11.9 Å². The van der Waals surface area contributed by atoms with E-state index in [9.17, 15) is 14.7 Å². The van der Waals surface area contributed by atoms with Gasteiger partial charge >= 0.3 is 11.9 Å². The van der Waals surface area contributed by atoms with Gasteiger partial charge in [-0.15, -0.1) is 0 Å². The molecule has 82 valence electrons. The summed E-state index contributed by atoms with van der Waals surface area (Å²) >= 11 is 0. The Balaban J connectivity index is 2.52. The molecule has 2 rings (SSSR count). The minimum atomic E-state index is -0.679. The molecule has 0 radical (unpaired) electrons. The van der Waals surface area contributed by atoms with Crippen molar-refractivity contribution in [3.63, 3.8) is 0 Å². The topological polar surface area (TPSA) is 72.8 Å². The van der Waals surface area contributed by atoms with E-state index >= 15 is 0 Å². The minimum Gasteiger partial charge on any atom is -0.504 e. The molecule has 0 atom stereocenters. The number of aromatic hydroxyl groups is 1. The van der Waals surface area contributed by atoms with Crippen molar-refractivity contribution >= 4 is 17.5 Å². The van der Waals surface area contributed by atoms with Crippen LogP contribution in [0.4, 0.5) is 0 Å². The summed E-state index contributed by atoms with van der Waals surface area (Å²) in [6.45, 7) is 0. The third-order valence-electron chi connectivity index (χ3n) is 2.16. The third-order valence-corrected chi connectivity index (χ3v) is 2.16. The zero-order valence-electron chi connectivity index (χ0n) is 8.39. The minimum absolute atomic E-state index is 0.0719. The van der Waals surface area contributed by atoms with E-state index in [1.807, 2.05) is 0 Å². The second kappa shape index (κ2) is 3.69. The summed E-state index contributed by atoms with van der Waals surface area (Å²) in [5, 5.41) is 9.44. The van der Waals surface area contributed by atoms with Crippen molar-refractivity contribution in [1.82, 2.24) is 0 Å². The maximum absolute atomic E-state index is 11.4. The van der Waals surface area contributed by atoms with Gasteiger partial charge in [-0.25, -0.2) is 9.59 Å². The number of carbonyl (C=O) groups excluding carboxylic acids is 2. The molecule has 1 N–H and O–H groups in total. The van der Waals surface area contributed by atoms with Crippen molar-refractivity contribution < 1.29 is 24.2 Å². The molecule has 0 amide bonds. The van der Waals surface area contributed by atoms with Gasteiger partial charge in [-0.1, -0.05) is 12.1 Å². The second-order valence-electron chi connectivity index (χ2n) is 3.12. The Hall–Kier alpha value is -2.30. The predicted molar refractivity (Wildman–Crippen MR) is 53.7 cm³/mol. The number of methoxy groups -OCH3 is 1. The fourth-order valence-electron chi connectivity index (χ4n) is 1.42. The lowest BCUT2D eigenvalue weighted by atomic mass is 10.1. The number of fused-ring (bicyclic) bond motifs is 1. The van der Waals surface area contributed by atoms with Gasteiger partial charge < -0.3 is 14.6 Å². The molecular formula is C11H8O5. The molecule has 1 aliphatic rings. The van der Waals surface area contributed by atoms with E-state index in [1.54, 1.807) is 12.1 Å². The van der Waals surface area contributed by atoms with Crippen LogP contribution in [0.1, 0.15) is 5.56 Å². The highest BCUT2D eigenvalue weighted by Gasteiger charge is 2.29. The molecule has 1 aromatic carbocycles. The highest BCUT2D eigenvalue weighted by molar-refractivity contribution is 6.25. The molecule has 1 heterocycles. The van der Waals surface area contributed by atoms with E-state index in [1.165, 1.54) is 13.2 Å². The molecule has 1 aliphatic heterocycles. The van der Waals surface area contributed by atoms with Crippen LogP contribution >= 0.6 is 0 Å². The molecule has 0 fully saturated rings. The van der Waals surface area contributed by atoms with Gasteiger partial charge in [0.05, 0.1) is 12.7 Å². The molecule has 16 heavy (non-hydrogen) atoms. The normalized spacial score (nSPS) is 15.8. The molecule has 5 heteroatoms. The van der Waals surface area contributed by atoms with Crippen molar-refractivity contribution in [2.24, 2.45) is 0 Å². The van der Waals surface area contributed by atoms with Crippen molar-refractivity contribution in [3.05, 3.63) is 29.8 Å². The maximum atomic E-state index is 11.4. The summed E-state index contributed by atoms with van der Waals surface area (Å²) in [4.78, 5) is 22.5. The summed E-state index contributed by atoms with van der Waals surface area (Å²) in [5.74, 6) is -1.40. The zero-order chi connectivity index (χ0) is 11.7. The molecule has 0 bridgehead atoms. The summed E-state index contributed by atoms with van der Waals surface area (Å²) in [6, 6.07) is 4.53. The first-order chi connectivity index (χ1) is 7.63. The summed E-state index contributed by atoms with van der Waals surface area (Å²) < 4.78 is 9.25. The SMILES string of the molecule is COC(=O)/C=C1\C(=O)Oc2c(O)cccc21. The smallest absolute Gasteiger partial charge is 0.344 e. The van der Waals surface area contributed by atoms with Gasteiger partial charge in [0.2, 0.25) is 0 Å². The summed E-state index contributed by atoms with van der Waals surface area (Å²) in [5.41, 5.74) is 0.466. The maximum Gasteiger partial charge on any atom is 0.344 e. The number of phenols is 1. The fourth-order valence-corrected chi connectivity index (χ4v) is 1.42. The Bertz CT molecular complexity index is 501. The van der Waals surface area contributed by atoms with Gasteiger partial charge in [0.25, 0.3) is 0 Å². The Kier molecular flexibility index (Phi) is 2.36. The Morgan fingerprint density at radius 1 is 1.50 bits per heavy atom. The van der Waals surface area contributed by atoms with Crippen LogP contribution < -0.4 is 4.74 Å². The van der Waals surface area contributed by atoms with Crippen LogP contribution in [0.2, 0.25) is 0 Å². The number of ether oxygens (including phenoxy) is 2. The highest BCUT2D eigenvalue weighted by Crippen LogP contribution is 2.40. The van der Waals surface area contributed by atoms with Gasteiger partial charge in [0.1, 0.15) is 0 Å². The monoisotopic (exact) mass is 220 g/mol. The third kappa shape index (κ3) is 1.52. The fraction of sp³-hybridized carbons (Fsp3) is 0.0909. The second-order valence-corrected chi connectivity index (χ2v) is 3.12. The number of rotatable bonds is 1. The van der Waals surface area contributed by atoms with Crippen molar-refractivity contribution in [3.8, 4) is 11.5 Å². The first-order valence-corrected chi connectivity index (χ1v) is 4.47. The lowest BCUT2D eigenvalue weighted by Gasteiger charge is -1.98. The molecule has 0 aromatic heterocycles. The van der Waals surface area contributed by atoms with Gasteiger partial charge in [0.15, 0.2) is 11.5 Å². The van der Waals surface area contributed by atoms with E-state index in [2.05, 4.69) is 4.74 Å². The largest absolute Gasteiger partial charge is 0.504 e. The lowest BCUT2D eigenvalue weighted by molar-refractivity contribution is -0.135. The number of carbonyl (C=O) groups is 2. The van der Waals surface area contributed by atoms with E-state index in [0.29, 0.717) is 5.56 Å². The van der Waals surface area contributed by atoms with Crippen LogP contribution in [0, 0.1) is 0 Å². The average molecular weight is 220 g/mol. The Morgan fingerprint density at radius 2 is 2.25 bits per heavy atom.